The molecule has 0 amide bonds. The highest BCUT2D eigenvalue weighted by Crippen LogP contribution is 2.23. The van der Waals surface area contributed by atoms with E-state index in [9.17, 15) is 0 Å². The summed E-state index contributed by atoms with van der Waals surface area (Å²) >= 11 is 0. The molecule has 4 nitrogen and oxygen atoms in total. The molecule has 22 heavy (non-hydrogen) atoms. The third kappa shape index (κ3) is 3.12. The van der Waals surface area contributed by atoms with Crippen LogP contribution >= 0.6 is 0 Å². The fraction of sp³-hybridized carbons (Fsp3) is 0.444. The fourth-order valence-corrected chi connectivity index (χ4v) is 3.06. The third-order valence-electron chi connectivity index (χ3n) is 4.20. The van der Waals surface area contributed by atoms with Crippen molar-refractivity contribution in [3.63, 3.8) is 0 Å². The van der Waals surface area contributed by atoms with E-state index in [-0.39, 0.29) is 0 Å². The summed E-state index contributed by atoms with van der Waals surface area (Å²) in [5.41, 5.74) is 11.7. The number of aromatic nitrogens is 2. The van der Waals surface area contributed by atoms with Gasteiger partial charge in [0.05, 0.1) is 5.69 Å². The molecule has 0 bridgehead atoms. The zero-order chi connectivity index (χ0) is 15.5. The standard InChI is InChI=1S/C18H23N3O/c1-12-7-8-17(13(2)9-12)22-11-18-20-15-6-4-3-5-14(15)16(10-19)21-18/h7-9H,3-6,10-11,19H2,1-2H3. The fourth-order valence-electron chi connectivity index (χ4n) is 3.06. The molecule has 1 aromatic carbocycles. The largest absolute Gasteiger partial charge is 0.485 e. The van der Waals surface area contributed by atoms with Crippen molar-refractivity contribution in [3.8, 4) is 5.75 Å². The topological polar surface area (TPSA) is 61.0 Å². The van der Waals surface area contributed by atoms with Crippen LogP contribution in [0, 0.1) is 13.8 Å². The Hall–Kier alpha value is -1.94. The van der Waals surface area contributed by atoms with Gasteiger partial charge in [-0.15, -0.1) is 0 Å². The third-order valence-corrected chi connectivity index (χ3v) is 4.20. The van der Waals surface area contributed by atoms with E-state index in [1.165, 1.54) is 29.7 Å². The van der Waals surface area contributed by atoms with E-state index < -0.39 is 0 Å². The van der Waals surface area contributed by atoms with E-state index in [2.05, 4.69) is 31.0 Å². The lowest BCUT2D eigenvalue weighted by Gasteiger charge is -2.18. The highest BCUT2D eigenvalue weighted by Gasteiger charge is 2.17. The van der Waals surface area contributed by atoms with Crippen LogP contribution in [0.3, 0.4) is 0 Å². The lowest BCUT2D eigenvalue weighted by molar-refractivity contribution is 0.292. The normalized spacial score (nSPS) is 13.8. The Kier molecular flexibility index (Phi) is 4.39. The average Bonchev–Trinajstić information content (AvgIpc) is 2.53. The second kappa shape index (κ2) is 6.44. The first-order valence-corrected chi connectivity index (χ1v) is 7.95. The summed E-state index contributed by atoms with van der Waals surface area (Å²) in [6, 6.07) is 6.18. The number of nitrogens with two attached hydrogens (primary N) is 1. The summed E-state index contributed by atoms with van der Waals surface area (Å²) in [6.07, 6.45) is 4.49. The van der Waals surface area contributed by atoms with Gasteiger partial charge in [-0.05, 0) is 56.7 Å². The summed E-state index contributed by atoms with van der Waals surface area (Å²) in [4.78, 5) is 9.30. The second-order valence-electron chi connectivity index (χ2n) is 5.98. The second-order valence-corrected chi connectivity index (χ2v) is 5.98. The number of fused-ring (bicyclic) bond motifs is 1. The van der Waals surface area contributed by atoms with Crippen LogP contribution in [0.1, 0.15) is 46.7 Å². The van der Waals surface area contributed by atoms with E-state index in [4.69, 9.17) is 15.5 Å². The van der Waals surface area contributed by atoms with Crippen LogP contribution in [0.4, 0.5) is 0 Å². The zero-order valence-electron chi connectivity index (χ0n) is 13.4. The van der Waals surface area contributed by atoms with Crippen LogP contribution < -0.4 is 10.5 Å². The van der Waals surface area contributed by atoms with Crippen molar-refractivity contribution in [2.24, 2.45) is 5.73 Å². The zero-order valence-corrected chi connectivity index (χ0v) is 13.4. The molecular weight excluding hydrogens is 274 g/mol. The number of aryl methyl sites for hydroxylation is 3. The molecule has 4 heteroatoms. The highest BCUT2D eigenvalue weighted by atomic mass is 16.5. The molecular formula is C18H23N3O. The molecule has 0 atom stereocenters. The Morgan fingerprint density at radius 1 is 1.14 bits per heavy atom. The number of benzene rings is 1. The lowest BCUT2D eigenvalue weighted by atomic mass is 9.94. The predicted molar refractivity (Wildman–Crippen MR) is 86.8 cm³/mol. The molecule has 1 aliphatic rings. The minimum atomic E-state index is 0.393. The highest BCUT2D eigenvalue weighted by molar-refractivity contribution is 5.35. The number of ether oxygens (including phenoxy) is 1. The number of rotatable bonds is 4. The van der Waals surface area contributed by atoms with Crippen molar-refractivity contribution in [2.75, 3.05) is 0 Å². The number of hydrogen-bond donors (Lipinski definition) is 1. The molecule has 1 aliphatic carbocycles. The molecule has 2 N–H and O–H groups in total. The SMILES string of the molecule is Cc1ccc(OCc2nc(CN)c3c(n2)CCCC3)c(C)c1. The summed E-state index contributed by atoms with van der Waals surface area (Å²) in [5.74, 6) is 1.63. The summed E-state index contributed by atoms with van der Waals surface area (Å²) in [6.45, 7) is 5.00. The molecule has 1 heterocycles. The monoisotopic (exact) mass is 297 g/mol. The molecule has 2 aromatic rings. The van der Waals surface area contributed by atoms with E-state index in [0.29, 0.717) is 13.2 Å². The minimum absolute atomic E-state index is 0.393. The maximum Gasteiger partial charge on any atom is 0.166 e. The average molecular weight is 297 g/mol. The molecule has 0 aliphatic heterocycles. The van der Waals surface area contributed by atoms with Gasteiger partial charge in [-0.3, -0.25) is 0 Å². The molecule has 0 fully saturated rings. The molecule has 1 aromatic heterocycles. The molecule has 0 unspecified atom stereocenters. The van der Waals surface area contributed by atoms with E-state index in [1.807, 2.05) is 6.07 Å². The smallest absolute Gasteiger partial charge is 0.166 e. The van der Waals surface area contributed by atoms with Crippen molar-refractivity contribution < 1.29 is 4.74 Å². The van der Waals surface area contributed by atoms with Crippen molar-refractivity contribution in [1.29, 1.82) is 0 Å². The number of nitrogens with zero attached hydrogens (tertiary/aromatic N) is 2. The van der Waals surface area contributed by atoms with Gasteiger partial charge < -0.3 is 10.5 Å². The van der Waals surface area contributed by atoms with E-state index >= 15 is 0 Å². The minimum Gasteiger partial charge on any atom is -0.485 e. The van der Waals surface area contributed by atoms with E-state index in [0.717, 1.165) is 35.7 Å². The van der Waals surface area contributed by atoms with Crippen molar-refractivity contribution in [2.45, 2.75) is 52.7 Å². The van der Waals surface area contributed by atoms with Crippen molar-refractivity contribution >= 4 is 0 Å². The maximum absolute atomic E-state index is 5.90. The summed E-state index contributed by atoms with van der Waals surface area (Å²) in [5, 5.41) is 0. The Labute approximate surface area is 131 Å². The first-order valence-electron chi connectivity index (χ1n) is 7.95. The lowest BCUT2D eigenvalue weighted by Crippen LogP contribution is -2.17. The first kappa shape index (κ1) is 15.0. The number of hydrogen-bond acceptors (Lipinski definition) is 4. The molecule has 0 saturated heterocycles. The predicted octanol–water partition coefficient (Wildman–Crippen LogP) is 3.01. The quantitative estimate of drug-likeness (QED) is 0.942. The van der Waals surface area contributed by atoms with Gasteiger partial charge in [0.25, 0.3) is 0 Å². The first-order chi connectivity index (χ1) is 10.7. The van der Waals surface area contributed by atoms with Gasteiger partial charge in [-0.1, -0.05) is 17.7 Å². The Morgan fingerprint density at radius 2 is 1.95 bits per heavy atom. The van der Waals surface area contributed by atoms with Gasteiger partial charge in [0.15, 0.2) is 5.82 Å². The van der Waals surface area contributed by atoms with Gasteiger partial charge in [0, 0.05) is 12.2 Å². The van der Waals surface area contributed by atoms with E-state index in [1.54, 1.807) is 0 Å². The van der Waals surface area contributed by atoms with Gasteiger partial charge in [-0.25, -0.2) is 9.97 Å². The van der Waals surface area contributed by atoms with Gasteiger partial charge in [0.2, 0.25) is 0 Å². The van der Waals surface area contributed by atoms with Crippen LogP contribution in [0.15, 0.2) is 18.2 Å². The van der Waals surface area contributed by atoms with Gasteiger partial charge in [-0.2, -0.15) is 0 Å². The van der Waals surface area contributed by atoms with Crippen LogP contribution in [-0.2, 0) is 26.0 Å². The maximum atomic E-state index is 5.90. The van der Waals surface area contributed by atoms with Gasteiger partial charge in [0.1, 0.15) is 12.4 Å². The van der Waals surface area contributed by atoms with Gasteiger partial charge >= 0.3 is 0 Å². The molecule has 116 valence electrons. The van der Waals surface area contributed by atoms with Crippen LogP contribution in [0.25, 0.3) is 0 Å². The van der Waals surface area contributed by atoms with Crippen LogP contribution in [0.2, 0.25) is 0 Å². The van der Waals surface area contributed by atoms with Crippen LogP contribution in [-0.4, -0.2) is 9.97 Å². The molecule has 0 saturated carbocycles. The summed E-state index contributed by atoms with van der Waals surface area (Å²) in [7, 11) is 0. The molecule has 3 rings (SSSR count). The molecule has 0 radical (unpaired) electrons. The Balaban J connectivity index is 1.80. The van der Waals surface area contributed by atoms with Crippen LogP contribution in [0.5, 0.6) is 5.75 Å². The van der Waals surface area contributed by atoms with Crippen molar-refractivity contribution in [3.05, 3.63) is 52.1 Å². The Bertz CT molecular complexity index is 665. The Morgan fingerprint density at radius 3 is 2.73 bits per heavy atom. The summed E-state index contributed by atoms with van der Waals surface area (Å²) < 4.78 is 5.90. The van der Waals surface area contributed by atoms with Crippen molar-refractivity contribution in [1.82, 2.24) is 9.97 Å². The molecule has 0 spiro atoms.